The van der Waals surface area contributed by atoms with E-state index in [2.05, 4.69) is 78.0 Å². The lowest BCUT2D eigenvalue weighted by Gasteiger charge is -2.35. The normalized spacial score (nSPS) is 14.3. The van der Waals surface area contributed by atoms with Crippen LogP contribution < -0.4 is 5.32 Å². The number of hydrogen-bond donors (Lipinski definition) is 1. The van der Waals surface area contributed by atoms with Crippen LogP contribution in [0.5, 0.6) is 0 Å². The van der Waals surface area contributed by atoms with Gasteiger partial charge in [-0.15, -0.1) is 0 Å². The van der Waals surface area contributed by atoms with Crippen LogP contribution in [0.15, 0.2) is 24.3 Å². The summed E-state index contributed by atoms with van der Waals surface area (Å²) >= 11 is 0. The summed E-state index contributed by atoms with van der Waals surface area (Å²) in [6, 6.07) is 9.69. The molecule has 0 saturated heterocycles. The van der Waals surface area contributed by atoms with E-state index in [1.807, 2.05) is 0 Å². The maximum absolute atomic E-state index is 3.66. The van der Waals surface area contributed by atoms with E-state index in [-0.39, 0.29) is 10.8 Å². The fourth-order valence-electron chi connectivity index (χ4n) is 2.58. The van der Waals surface area contributed by atoms with Crippen LogP contribution in [0.25, 0.3) is 0 Å². The highest BCUT2D eigenvalue weighted by Gasteiger charge is 2.28. The average molecular weight is 275 g/mol. The first-order valence-corrected chi connectivity index (χ1v) is 8.12. The molecular formula is C19H33N. The van der Waals surface area contributed by atoms with Gasteiger partial charge in [0.2, 0.25) is 0 Å². The summed E-state index contributed by atoms with van der Waals surface area (Å²) in [4.78, 5) is 0. The first kappa shape index (κ1) is 17.2. The fourth-order valence-corrected chi connectivity index (χ4v) is 2.58. The van der Waals surface area contributed by atoms with E-state index < -0.39 is 0 Å². The largest absolute Gasteiger partial charge is 0.310 e. The second-order valence-electron chi connectivity index (χ2n) is 7.19. The van der Waals surface area contributed by atoms with E-state index in [1.54, 1.807) is 0 Å². The van der Waals surface area contributed by atoms with E-state index in [0.717, 1.165) is 6.54 Å². The summed E-state index contributed by atoms with van der Waals surface area (Å²) in [5.74, 6) is 0. The second kappa shape index (κ2) is 6.76. The van der Waals surface area contributed by atoms with Gasteiger partial charge >= 0.3 is 0 Å². The molecule has 1 aromatic rings. The zero-order chi connectivity index (χ0) is 15.4. The monoisotopic (exact) mass is 275 g/mol. The molecule has 1 aromatic carbocycles. The third kappa shape index (κ3) is 3.85. The van der Waals surface area contributed by atoms with Crippen LogP contribution in [0.4, 0.5) is 0 Å². The van der Waals surface area contributed by atoms with Gasteiger partial charge in [-0.25, -0.2) is 0 Å². The summed E-state index contributed by atoms with van der Waals surface area (Å²) in [6.07, 6.45) is 2.34. The lowest BCUT2D eigenvalue weighted by atomic mass is 9.77. The van der Waals surface area contributed by atoms with Gasteiger partial charge in [-0.3, -0.25) is 0 Å². The fraction of sp³-hybridized carbons (Fsp3) is 0.684. The van der Waals surface area contributed by atoms with Crippen molar-refractivity contribution in [1.29, 1.82) is 0 Å². The minimum atomic E-state index is 0.270. The molecule has 0 aliphatic heterocycles. The van der Waals surface area contributed by atoms with Crippen LogP contribution >= 0.6 is 0 Å². The molecule has 0 radical (unpaired) electrons. The minimum Gasteiger partial charge on any atom is -0.310 e. The predicted octanol–water partition coefficient (Wildman–Crippen LogP) is 5.46. The molecular weight excluding hydrogens is 242 g/mol. The van der Waals surface area contributed by atoms with Gasteiger partial charge in [0.15, 0.2) is 0 Å². The second-order valence-corrected chi connectivity index (χ2v) is 7.19. The van der Waals surface area contributed by atoms with Crippen molar-refractivity contribution in [3.8, 4) is 0 Å². The lowest BCUT2D eigenvalue weighted by Crippen LogP contribution is -2.33. The van der Waals surface area contributed by atoms with Gasteiger partial charge in [-0.2, -0.15) is 0 Å². The molecule has 0 spiro atoms. The van der Waals surface area contributed by atoms with Crippen molar-refractivity contribution >= 4 is 0 Å². The van der Waals surface area contributed by atoms with Crippen LogP contribution in [0, 0.1) is 5.41 Å². The highest BCUT2D eigenvalue weighted by Crippen LogP contribution is 2.37. The molecule has 0 fully saturated rings. The van der Waals surface area contributed by atoms with Crippen molar-refractivity contribution in [2.45, 2.75) is 72.8 Å². The third-order valence-electron chi connectivity index (χ3n) is 5.01. The molecule has 1 nitrogen and oxygen atoms in total. The molecule has 0 amide bonds. The smallest absolute Gasteiger partial charge is 0.0371 e. The molecule has 1 heteroatoms. The number of rotatable bonds is 7. The summed E-state index contributed by atoms with van der Waals surface area (Å²) in [6.45, 7) is 17.1. The SMILES string of the molecule is CCNC(c1ccc(C(C)(C)CC)cc1)C(C)(C)CC. The van der Waals surface area contributed by atoms with Gasteiger partial charge in [0.05, 0.1) is 0 Å². The van der Waals surface area contributed by atoms with Crippen LogP contribution in [-0.4, -0.2) is 6.54 Å². The Morgan fingerprint density at radius 3 is 1.85 bits per heavy atom. The summed E-state index contributed by atoms with van der Waals surface area (Å²) in [5, 5.41) is 3.66. The van der Waals surface area contributed by atoms with Gasteiger partial charge in [0.1, 0.15) is 0 Å². The Labute approximate surface area is 126 Å². The Kier molecular flexibility index (Phi) is 5.82. The van der Waals surface area contributed by atoms with Crippen molar-refractivity contribution in [3.05, 3.63) is 35.4 Å². The van der Waals surface area contributed by atoms with Crippen molar-refractivity contribution in [2.24, 2.45) is 5.41 Å². The molecule has 1 atom stereocenters. The average Bonchev–Trinajstić information content (AvgIpc) is 2.44. The summed E-state index contributed by atoms with van der Waals surface area (Å²) in [5.41, 5.74) is 3.40. The maximum Gasteiger partial charge on any atom is 0.0371 e. The van der Waals surface area contributed by atoms with Crippen LogP contribution in [0.3, 0.4) is 0 Å². The van der Waals surface area contributed by atoms with E-state index >= 15 is 0 Å². The Balaban J connectivity index is 3.06. The van der Waals surface area contributed by atoms with E-state index in [1.165, 1.54) is 24.0 Å². The number of hydrogen-bond acceptors (Lipinski definition) is 1. The minimum absolute atomic E-state index is 0.270. The van der Waals surface area contributed by atoms with Crippen LogP contribution in [-0.2, 0) is 5.41 Å². The lowest BCUT2D eigenvalue weighted by molar-refractivity contribution is 0.237. The quantitative estimate of drug-likeness (QED) is 0.696. The molecule has 0 aliphatic rings. The van der Waals surface area contributed by atoms with E-state index in [4.69, 9.17) is 0 Å². The zero-order valence-electron chi connectivity index (χ0n) is 14.5. The standard InChI is InChI=1S/C19H33N/c1-8-18(4,5)16-13-11-15(12-14-16)17(20-10-3)19(6,7)9-2/h11-14,17,20H,8-10H2,1-7H3. The van der Waals surface area contributed by atoms with E-state index in [9.17, 15) is 0 Å². The van der Waals surface area contributed by atoms with Crippen LogP contribution in [0.2, 0.25) is 0 Å². The van der Waals surface area contributed by atoms with Crippen molar-refractivity contribution < 1.29 is 0 Å². The van der Waals surface area contributed by atoms with Gasteiger partial charge in [0.25, 0.3) is 0 Å². The van der Waals surface area contributed by atoms with Gasteiger partial charge in [-0.1, -0.05) is 72.7 Å². The van der Waals surface area contributed by atoms with Crippen molar-refractivity contribution in [2.75, 3.05) is 6.54 Å². The summed E-state index contributed by atoms with van der Waals surface area (Å²) in [7, 11) is 0. The van der Waals surface area contributed by atoms with Crippen molar-refractivity contribution in [1.82, 2.24) is 5.32 Å². The van der Waals surface area contributed by atoms with Crippen molar-refractivity contribution in [3.63, 3.8) is 0 Å². The Morgan fingerprint density at radius 1 is 0.900 bits per heavy atom. The number of benzene rings is 1. The topological polar surface area (TPSA) is 12.0 Å². The molecule has 1 rings (SSSR count). The third-order valence-corrected chi connectivity index (χ3v) is 5.01. The van der Waals surface area contributed by atoms with Gasteiger partial charge in [-0.05, 0) is 41.3 Å². The highest BCUT2D eigenvalue weighted by atomic mass is 14.9. The molecule has 1 N–H and O–H groups in total. The predicted molar refractivity (Wildman–Crippen MR) is 90.2 cm³/mol. The molecule has 20 heavy (non-hydrogen) atoms. The number of nitrogens with one attached hydrogen (secondary N) is 1. The Hall–Kier alpha value is -0.820. The zero-order valence-corrected chi connectivity index (χ0v) is 14.5. The van der Waals surface area contributed by atoms with Gasteiger partial charge < -0.3 is 5.32 Å². The first-order chi connectivity index (χ1) is 9.28. The molecule has 0 aromatic heterocycles. The molecule has 114 valence electrons. The molecule has 0 heterocycles. The van der Waals surface area contributed by atoms with E-state index in [0.29, 0.717) is 6.04 Å². The van der Waals surface area contributed by atoms with Gasteiger partial charge in [0, 0.05) is 6.04 Å². The van der Waals surface area contributed by atoms with Crippen LogP contribution in [0.1, 0.15) is 78.5 Å². The Morgan fingerprint density at radius 2 is 1.45 bits per heavy atom. The molecule has 0 saturated carbocycles. The molecule has 0 aliphatic carbocycles. The molecule has 0 bridgehead atoms. The first-order valence-electron chi connectivity index (χ1n) is 8.12. The Bertz CT molecular complexity index is 400. The summed E-state index contributed by atoms with van der Waals surface area (Å²) < 4.78 is 0. The molecule has 1 unspecified atom stereocenters. The maximum atomic E-state index is 3.66. The highest BCUT2D eigenvalue weighted by molar-refractivity contribution is 5.30.